The van der Waals surface area contributed by atoms with Gasteiger partial charge >= 0.3 is 5.63 Å². The summed E-state index contributed by atoms with van der Waals surface area (Å²) in [5.74, 6) is 0.374. The zero-order chi connectivity index (χ0) is 27.8. The Morgan fingerprint density at radius 1 is 0.975 bits per heavy atom. The zero-order valence-corrected chi connectivity index (χ0v) is 23.3. The van der Waals surface area contributed by atoms with Crippen molar-refractivity contribution in [2.24, 2.45) is 0 Å². The fraction of sp³-hybridized carbons (Fsp3) is 0.250. The molecule has 2 aromatic heterocycles. The van der Waals surface area contributed by atoms with Crippen LogP contribution in [0.5, 0.6) is 11.5 Å². The average Bonchev–Trinajstić information content (AvgIpc) is 2.97. The molecule has 0 unspecified atom stereocenters. The van der Waals surface area contributed by atoms with Gasteiger partial charge < -0.3 is 23.7 Å². The number of aromatic hydroxyl groups is 1. The molecule has 1 saturated heterocycles. The van der Waals surface area contributed by atoms with E-state index in [1.807, 2.05) is 73.7 Å². The molecular formula is C32H30N2O5S. The Balaban J connectivity index is 1.58. The predicted octanol–water partition coefficient (Wildman–Crippen LogP) is 6.32. The van der Waals surface area contributed by atoms with Crippen molar-refractivity contribution in [2.45, 2.75) is 42.5 Å². The van der Waals surface area contributed by atoms with E-state index in [4.69, 9.17) is 9.15 Å². The van der Waals surface area contributed by atoms with Crippen LogP contribution in [-0.4, -0.2) is 29.9 Å². The molecule has 0 bridgehead atoms. The summed E-state index contributed by atoms with van der Waals surface area (Å²) >= 11 is 1.10. The van der Waals surface area contributed by atoms with E-state index in [2.05, 4.69) is 4.90 Å². The second kappa shape index (κ2) is 10.8. The minimum absolute atomic E-state index is 0.00210. The molecule has 8 heteroatoms. The molecule has 7 nitrogen and oxygen atoms in total. The second-order valence-corrected chi connectivity index (χ2v) is 11.3. The number of hydrogen-bond donors (Lipinski definition) is 1. The molecule has 6 rings (SSSR count). The van der Waals surface area contributed by atoms with E-state index in [0.717, 1.165) is 65.2 Å². The Morgan fingerprint density at radius 3 is 2.48 bits per heavy atom. The SMILES string of the molecule is COc1ccc(Cn2c(=O)c3c(O)c(Sc4cccc(C)c4)c(=O)oc3c3cc(N4CCCCC4)ccc32)cc1. The summed E-state index contributed by atoms with van der Waals surface area (Å²) in [5, 5.41) is 12.1. The van der Waals surface area contributed by atoms with Crippen LogP contribution in [0.4, 0.5) is 5.69 Å². The van der Waals surface area contributed by atoms with Gasteiger partial charge in [-0.25, -0.2) is 4.79 Å². The second-order valence-electron chi connectivity index (χ2n) is 10.2. The minimum Gasteiger partial charge on any atom is -0.505 e. The molecule has 0 aliphatic carbocycles. The Kier molecular flexibility index (Phi) is 7.02. The Morgan fingerprint density at radius 2 is 1.75 bits per heavy atom. The molecule has 0 saturated carbocycles. The van der Waals surface area contributed by atoms with Gasteiger partial charge in [0.15, 0.2) is 11.3 Å². The molecule has 1 aliphatic heterocycles. The summed E-state index contributed by atoms with van der Waals surface area (Å²) in [5.41, 5.74) is 2.58. The number of rotatable bonds is 6. The third-order valence-corrected chi connectivity index (χ3v) is 8.52. The molecule has 1 aliphatic rings. The van der Waals surface area contributed by atoms with E-state index in [-0.39, 0.29) is 28.2 Å². The smallest absolute Gasteiger partial charge is 0.354 e. The Hall–Kier alpha value is -4.17. The van der Waals surface area contributed by atoms with Crippen molar-refractivity contribution < 1.29 is 14.3 Å². The number of aryl methyl sites for hydroxylation is 1. The Bertz CT molecular complexity index is 1840. The fourth-order valence-electron chi connectivity index (χ4n) is 5.39. The molecule has 3 aromatic carbocycles. The Labute approximate surface area is 235 Å². The monoisotopic (exact) mass is 554 g/mol. The number of aromatic nitrogens is 1. The molecule has 204 valence electrons. The fourth-order valence-corrected chi connectivity index (χ4v) is 6.34. The third kappa shape index (κ3) is 4.84. The van der Waals surface area contributed by atoms with Crippen LogP contribution in [-0.2, 0) is 6.54 Å². The van der Waals surface area contributed by atoms with Gasteiger partial charge in [0, 0.05) is 29.1 Å². The summed E-state index contributed by atoms with van der Waals surface area (Å²) in [6.45, 7) is 4.12. The number of fused-ring (bicyclic) bond motifs is 3. The van der Waals surface area contributed by atoms with Crippen LogP contribution in [0, 0.1) is 6.92 Å². The summed E-state index contributed by atoms with van der Waals surface area (Å²) in [4.78, 5) is 30.4. The van der Waals surface area contributed by atoms with Gasteiger partial charge in [0.1, 0.15) is 16.0 Å². The number of pyridine rings is 1. The van der Waals surface area contributed by atoms with Crippen molar-refractivity contribution >= 4 is 39.3 Å². The highest BCUT2D eigenvalue weighted by Crippen LogP contribution is 2.38. The van der Waals surface area contributed by atoms with Crippen LogP contribution in [0.25, 0.3) is 21.9 Å². The van der Waals surface area contributed by atoms with E-state index < -0.39 is 11.2 Å². The predicted molar refractivity (Wildman–Crippen MR) is 159 cm³/mol. The average molecular weight is 555 g/mol. The minimum atomic E-state index is -0.673. The van der Waals surface area contributed by atoms with Crippen LogP contribution < -0.4 is 20.8 Å². The van der Waals surface area contributed by atoms with Crippen LogP contribution in [0.2, 0.25) is 0 Å². The molecule has 3 heterocycles. The molecular weight excluding hydrogens is 524 g/mol. The number of methoxy groups -OCH3 is 1. The van der Waals surface area contributed by atoms with Gasteiger partial charge in [0.05, 0.1) is 19.2 Å². The maximum absolute atomic E-state index is 14.0. The number of nitrogens with zero attached hydrogens (tertiary/aromatic N) is 2. The van der Waals surface area contributed by atoms with Crippen molar-refractivity contribution in [1.29, 1.82) is 0 Å². The maximum Gasteiger partial charge on any atom is 0.354 e. The summed E-state index contributed by atoms with van der Waals surface area (Å²) < 4.78 is 12.8. The van der Waals surface area contributed by atoms with Crippen LogP contribution >= 0.6 is 11.8 Å². The number of piperidine rings is 1. The quantitative estimate of drug-likeness (QED) is 0.246. The lowest BCUT2D eigenvalue weighted by Gasteiger charge is -2.29. The lowest BCUT2D eigenvalue weighted by molar-refractivity contribution is 0.414. The number of hydrogen-bond acceptors (Lipinski definition) is 7. The van der Waals surface area contributed by atoms with Crippen LogP contribution in [0.15, 0.2) is 90.5 Å². The summed E-state index contributed by atoms with van der Waals surface area (Å²) in [6, 6.07) is 21.0. The van der Waals surface area contributed by atoms with Crippen molar-refractivity contribution in [3.05, 3.63) is 98.6 Å². The van der Waals surface area contributed by atoms with E-state index in [1.54, 1.807) is 11.7 Å². The van der Waals surface area contributed by atoms with Gasteiger partial charge in [-0.05, 0) is 74.2 Å². The first-order chi connectivity index (χ1) is 19.4. The molecule has 0 radical (unpaired) electrons. The molecule has 5 aromatic rings. The van der Waals surface area contributed by atoms with E-state index in [9.17, 15) is 14.7 Å². The lowest BCUT2D eigenvalue weighted by Crippen LogP contribution is -2.29. The van der Waals surface area contributed by atoms with Gasteiger partial charge in [0.2, 0.25) is 0 Å². The van der Waals surface area contributed by atoms with E-state index in [0.29, 0.717) is 10.9 Å². The highest BCUT2D eigenvalue weighted by molar-refractivity contribution is 7.99. The first-order valence-corrected chi connectivity index (χ1v) is 14.2. The van der Waals surface area contributed by atoms with Gasteiger partial charge in [-0.2, -0.15) is 0 Å². The third-order valence-electron chi connectivity index (χ3n) is 7.46. The van der Waals surface area contributed by atoms with Gasteiger partial charge in [0.25, 0.3) is 5.56 Å². The lowest BCUT2D eigenvalue weighted by atomic mass is 10.1. The molecule has 0 amide bonds. The number of anilines is 1. The van der Waals surface area contributed by atoms with Crippen LogP contribution in [0.1, 0.15) is 30.4 Å². The summed E-state index contributed by atoms with van der Waals surface area (Å²) in [7, 11) is 1.61. The highest BCUT2D eigenvalue weighted by atomic mass is 32.2. The topological polar surface area (TPSA) is 84.9 Å². The molecule has 0 atom stereocenters. The van der Waals surface area contributed by atoms with Gasteiger partial charge in [-0.15, -0.1) is 0 Å². The molecule has 40 heavy (non-hydrogen) atoms. The van der Waals surface area contributed by atoms with Crippen LogP contribution in [0.3, 0.4) is 0 Å². The van der Waals surface area contributed by atoms with E-state index in [1.165, 1.54) is 6.42 Å². The summed E-state index contributed by atoms with van der Waals surface area (Å²) in [6.07, 6.45) is 3.44. The van der Waals surface area contributed by atoms with Crippen molar-refractivity contribution in [1.82, 2.24) is 4.57 Å². The van der Waals surface area contributed by atoms with E-state index >= 15 is 0 Å². The standard InChI is InChI=1S/C32H30N2O5S/c1-20-7-6-8-24(17-20)40-30-28(35)27-29(39-32(30)37)25-18-22(33-15-4-3-5-16-33)11-14-26(25)34(31(27)36)19-21-9-12-23(38-2)13-10-21/h6-14,17-18,35H,3-5,15-16,19H2,1-2H3. The zero-order valence-electron chi connectivity index (χ0n) is 22.5. The van der Waals surface area contributed by atoms with Crippen molar-refractivity contribution in [3.63, 3.8) is 0 Å². The highest BCUT2D eigenvalue weighted by Gasteiger charge is 2.23. The normalized spacial score (nSPS) is 13.7. The van der Waals surface area contributed by atoms with Crippen molar-refractivity contribution in [2.75, 3.05) is 25.1 Å². The maximum atomic E-state index is 14.0. The van der Waals surface area contributed by atoms with Gasteiger partial charge in [-0.3, -0.25) is 4.79 Å². The molecule has 0 spiro atoms. The molecule has 1 N–H and O–H groups in total. The first-order valence-electron chi connectivity index (χ1n) is 13.4. The van der Waals surface area contributed by atoms with Crippen molar-refractivity contribution in [3.8, 4) is 11.5 Å². The number of ether oxygens (including phenoxy) is 1. The van der Waals surface area contributed by atoms with Gasteiger partial charge in [-0.1, -0.05) is 41.6 Å². The largest absolute Gasteiger partial charge is 0.505 e. The first kappa shape index (κ1) is 26.1. The molecule has 1 fully saturated rings. The number of benzene rings is 3.